The van der Waals surface area contributed by atoms with Gasteiger partial charge in [0.2, 0.25) is 0 Å². The van der Waals surface area contributed by atoms with E-state index in [4.69, 9.17) is 0 Å². The predicted molar refractivity (Wildman–Crippen MR) is 106 cm³/mol. The Morgan fingerprint density at radius 2 is 1.67 bits per heavy atom. The van der Waals surface area contributed by atoms with Gasteiger partial charge in [0.15, 0.2) is 5.69 Å². The molecule has 1 saturated carbocycles. The molecule has 138 valence electrons. The zero-order valence-corrected chi connectivity index (χ0v) is 15.6. The summed E-state index contributed by atoms with van der Waals surface area (Å²) in [5.41, 5.74) is 1.24. The van der Waals surface area contributed by atoms with Gasteiger partial charge < -0.3 is 5.32 Å². The fraction of sp³-hybridized carbons (Fsp3) is 0.318. The van der Waals surface area contributed by atoms with Gasteiger partial charge in [0.05, 0.1) is 17.5 Å². The van der Waals surface area contributed by atoms with Crippen LogP contribution in [0.3, 0.4) is 0 Å². The number of nitrogens with one attached hydrogen (secondary N) is 1. The summed E-state index contributed by atoms with van der Waals surface area (Å²) in [6.07, 6.45) is 2.22. The monoisotopic (exact) mass is 361 g/mol. The zero-order chi connectivity index (χ0) is 19.0. The minimum atomic E-state index is -0.235. The second-order valence-electron chi connectivity index (χ2n) is 7.44. The van der Waals surface area contributed by atoms with Gasteiger partial charge in [-0.2, -0.15) is 5.10 Å². The molecule has 1 aliphatic carbocycles. The van der Waals surface area contributed by atoms with E-state index in [1.165, 1.54) is 4.68 Å². The summed E-state index contributed by atoms with van der Waals surface area (Å²) in [7, 11) is 0. The molecule has 5 heteroatoms. The molecular formula is C22H23N3O2. The highest BCUT2D eigenvalue weighted by molar-refractivity contribution is 6.04. The summed E-state index contributed by atoms with van der Waals surface area (Å²) >= 11 is 0. The fourth-order valence-electron chi connectivity index (χ4n) is 3.50. The van der Waals surface area contributed by atoms with E-state index in [0.29, 0.717) is 22.4 Å². The molecule has 0 radical (unpaired) electrons. The van der Waals surface area contributed by atoms with Gasteiger partial charge in [-0.25, -0.2) is 4.68 Å². The van der Waals surface area contributed by atoms with E-state index in [1.807, 2.05) is 56.3 Å². The summed E-state index contributed by atoms with van der Waals surface area (Å²) < 4.78 is 1.39. The third-order valence-electron chi connectivity index (χ3n) is 5.07. The van der Waals surface area contributed by atoms with Crippen molar-refractivity contribution in [2.45, 2.75) is 38.8 Å². The summed E-state index contributed by atoms with van der Waals surface area (Å²) in [6, 6.07) is 17.1. The standard InChI is InChI=1S/C22H23N3O2/c1-14(2)25-22(27)18-11-7-6-10-17(18)20(24-25)21(26)23-19(16-12-13-16)15-8-4-3-5-9-15/h3-11,14,16,19H,12-13H2,1-2H3,(H,23,26). The first-order valence-electron chi connectivity index (χ1n) is 9.43. The number of aromatic nitrogens is 2. The van der Waals surface area contributed by atoms with Crippen LogP contribution in [0.4, 0.5) is 0 Å². The average Bonchev–Trinajstić information content (AvgIpc) is 3.52. The minimum absolute atomic E-state index is 0.0290. The van der Waals surface area contributed by atoms with Crippen LogP contribution in [0.5, 0.6) is 0 Å². The molecule has 27 heavy (non-hydrogen) atoms. The second-order valence-corrected chi connectivity index (χ2v) is 7.44. The second kappa shape index (κ2) is 6.99. The van der Waals surface area contributed by atoms with Crippen LogP contribution in [0.25, 0.3) is 10.8 Å². The number of hydrogen-bond donors (Lipinski definition) is 1. The lowest BCUT2D eigenvalue weighted by Gasteiger charge is -2.20. The normalized spacial score (nSPS) is 15.1. The Morgan fingerprint density at radius 3 is 2.30 bits per heavy atom. The largest absolute Gasteiger partial charge is 0.344 e. The quantitative estimate of drug-likeness (QED) is 0.750. The molecule has 1 N–H and O–H groups in total. The van der Waals surface area contributed by atoms with Gasteiger partial charge in [0, 0.05) is 5.39 Å². The maximum Gasteiger partial charge on any atom is 0.274 e. The summed E-state index contributed by atoms with van der Waals surface area (Å²) in [5.74, 6) is 0.222. The molecule has 5 nitrogen and oxygen atoms in total. The average molecular weight is 361 g/mol. The van der Waals surface area contributed by atoms with Crippen LogP contribution in [0, 0.1) is 5.92 Å². The first kappa shape index (κ1) is 17.5. The molecule has 1 unspecified atom stereocenters. The van der Waals surface area contributed by atoms with E-state index in [0.717, 1.165) is 18.4 Å². The van der Waals surface area contributed by atoms with E-state index in [2.05, 4.69) is 10.4 Å². The van der Waals surface area contributed by atoms with Gasteiger partial charge in [-0.1, -0.05) is 48.5 Å². The van der Waals surface area contributed by atoms with Crippen molar-refractivity contribution in [1.82, 2.24) is 15.1 Å². The Hall–Kier alpha value is -2.95. The molecular weight excluding hydrogens is 338 g/mol. The minimum Gasteiger partial charge on any atom is -0.344 e. The number of nitrogens with zero attached hydrogens (tertiary/aromatic N) is 2. The maximum absolute atomic E-state index is 13.2. The maximum atomic E-state index is 13.2. The molecule has 1 atom stereocenters. The highest BCUT2D eigenvalue weighted by atomic mass is 16.2. The topological polar surface area (TPSA) is 64.0 Å². The molecule has 3 aromatic rings. The van der Waals surface area contributed by atoms with Gasteiger partial charge in [0.25, 0.3) is 11.5 Å². The zero-order valence-electron chi connectivity index (χ0n) is 15.6. The third kappa shape index (κ3) is 3.37. The molecule has 1 aromatic heterocycles. The molecule has 0 saturated heterocycles. The predicted octanol–water partition coefficient (Wildman–Crippen LogP) is 3.86. The van der Waals surface area contributed by atoms with Crippen LogP contribution in [0.2, 0.25) is 0 Å². The van der Waals surface area contributed by atoms with Gasteiger partial charge in [0.1, 0.15) is 0 Å². The summed E-state index contributed by atoms with van der Waals surface area (Å²) in [4.78, 5) is 25.8. The van der Waals surface area contributed by atoms with Crippen molar-refractivity contribution in [1.29, 1.82) is 0 Å². The number of benzene rings is 2. The van der Waals surface area contributed by atoms with Gasteiger partial charge in [-0.15, -0.1) is 0 Å². The number of carbonyl (C=O) groups is 1. The Bertz CT molecular complexity index is 1040. The van der Waals surface area contributed by atoms with Gasteiger partial charge in [-0.3, -0.25) is 9.59 Å². The Morgan fingerprint density at radius 1 is 1.04 bits per heavy atom. The summed E-state index contributed by atoms with van der Waals surface area (Å²) in [5, 5.41) is 8.71. The van der Waals surface area contributed by atoms with Crippen LogP contribution in [-0.4, -0.2) is 15.7 Å². The van der Waals surface area contributed by atoms with Crippen LogP contribution in [0.15, 0.2) is 59.4 Å². The van der Waals surface area contributed by atoms with E-state index in [-0.39, 0.29) is 23.6 Å². The van der Waals surface area contributed by atoms with Crippen molar-refractivity contribution in [2.24, 2.45) is 5.92 Å². The van der Waals surface area contributed by atoms with Crippen molar-refractivity contribution in [3.63, 3.8) is 0 Å². The first-order chi connectivity index (χ1) is 13.1. The van der Waals surface area contributed by atoms with Crippen LogP contribution >= 0.6 is 0 Å². The van der Waals surface area contributed by atoms with Crippen molar-refractivity contribution in [2.75, 3.05) is 0 Å². The SMILES string of the molecule is CC(C)n1nc(C(=O)NC(c2ccccc2)C2CC2)c2ccccc2c1=O. The number of rotatable bonds is 5. The number of hydrogen-bond acceptors (Lipinski definition) is 3. The van der Waals surface area contributed by atoms with Crippen molar-refractivity contribution in [3.8, 4) is 0 Å². The number of carbonyl (C=O) groups excluding carboxylic acids is 1. The van der Waals surface area contributed by atoms with Crippen LogP contribution in [-0.2, 0) is 0 Å². The first-order valence-corrected chi connectivity index (χ1v) is 9.43. The molecule has 2 aromatic carbocycles. The molecule has 4 rings (SSSR count). The Labute approximate surface area is 158 Å². The molecule has 0 bridgehead atoms. The highest BCUT2D eigenvalue weighted by Gasteiger charge is 2.34. The Balaban J connectivity index is 1.76. The van der Waals surface area contributed by atoms with E-state index >= 15 is 0 Å². The molecule has 1 fully saturated rings. The lowest BCUT2D eigenvalue weighted by Crippen LogP contribution is -2.34. The fourth-order valence-corrected chi connectivity index (χ4v) is 3.50. The lowest BCUT2D eigenvalue weighted by atomic mass is 10.0. The number of fused-ring (bicyclic) bond motifs is 1. The molecule has 1 aliphatic rings. The van der Waals surface area contributed by atoms with Gasteiger partial charge >= 0.3 is 0 Å². The smallest absolute Gasteiger partial charge is 0.274 e. The highest BCUT2D eigenvalue weighted by Crippen LogP contribution is 2.41. The Kier molecular flexibility index (Phi) is 4.52. The van der Waals surface area contributed by atoms with Crippen molar-refractivity contribution in [3.05, 3.63) is 76.2 Å². The van der Waals surface area contributed by atoms with E-state index in [1.54, 1.807) is 12.1 Å². The summed E-state index contributed by atoms with van der Waals surface area (Å²) in [6.45, 7) is 3.78. The third-order valence-corrected chi connectivity index (χ3v) is 5.07. The molecule has 1 heterocycles. The van der Waals surface area contributed by atoms with E-state index in [9.17, 15) is 9.59 Å². The molecule has 0 aliphatic heterocycles. The molecule has 1 amide bonds. The number of amides is 1. The van der Waals surface area contributed by atoms with E-state index < -0.39 is 0 Å². The van der Waals surface area contributed by atoms with Gasteiger partial charge in [-0.05, 0) is 44.2 Å². The van der Waals surface area contributed by atoms with Crippen molar-refractivity contribution >= 4 is 16.7 Å². The van der Waals surface area contributed by atoms with Crippen molar-refractivity contribution < 1.29 is 4.79 Å². The van der Waals surface area contributed by atoms with Crippen LogP contribution < -0.4 is 10.9 Å². The van der Waals surface area contributed by atoms with Crippen LogP contribution in [0.1, 0.15) is 54.8 Å². The molecule has 0 spiro atoms. The lowest BCUT2D eigenvalue weighted by molar-refractivity contribution is 0.0926.